The minimum Gasteiger partial charge on any atom is -0.384 e. The normalized spacial score (nSPS) is 13.9. The van der Waals surface area contributed by atoms with E-state index in [0.717, 1.165) is 29.3 Å². The highest BCUT2D eigenvalue weighted by Crippen LogP contribution is 2.26. The molecule has 0 radical (unpaired) electrons. The Morgan fingerprint density at radius 3 is 2.43 bits per heavy atom. The second-order valence-corrected chi connectivity index (χ2v) is 9.25. The Bertz CT molecular complexity index is 1330. The van der Waals surface area contributed by atoms with Crippen LogP contribution in [0.2, 0.25) is 0 Å². The number of amides is 1. The van der Waals surface area contributed by atoms with E-state index in [1.165, 1.54) is 30.0 Å². The SMILES string of the molecule is CNC.N=C(N)c1ccc2cc(C(=O)NC3CCCCC3)n(Cc3cccc4ccccc34)c2c1. The average molecular weight is 470 g/mol. The van der Waals surface area contributed by atoms with E-state index in [2.05, 4.69) is 45.5 Å². The topological polar surface area (TPSA) is 95.9 Å². The number of nitrogens with zero attached hydrogens (tertiary/aromatic N) is 1. The highest BCUT2D eigenvalue weighted by molar-refractivity contribution is 6.02. The van der Waals surface area contributed by atoms with Crippen molar-refractivity contribution < 1.29 is 4.79 Å². The van der Waals surface area contributed by atoms with Crippen LogP contribution in [0.1, 0.15) is 53.7 Å². The van der Waals surface area contributed by atoms with Gasteiger partial charge in [0.1, 0.15) is 11.5 Å². The van der Waals surface area contributed by atoms with Crippen molar-refractivity contribution in [1.82, 2.24) is 15.2 Å². The van der Waals surface area contributed by atoms with Gasteiger partial charge in [-0.05, 0) is 55.4 Å². The molecule has 3 aromatic carbocycles. The molecular weight excluding hydrogens is 434 g/mol. The standard InChI is InChI=1S/C27H28N4O.C2H7N/c28-26(29)20-14-13-19-15-25(27(32)30-22-10-2-1-3-11-22)31(24(19)16-20)17-21-9-6-8-18-7-4-5-12-23(18)21;1-3-2/h4-9,12-16,22H,1-3,10-11,17H2,(H3,28,29)(H,30,32);3H,1-2H3. The molecule has 182 valence electrons. The summed E-state index contributed by atoms with van der Waals surface area (Å²) >= 11 is 0. The average Bonchev–Trinajstić information content (AvgIpc) is 3.23. The first-order valence-electron chi connectivity index (χ1n) is 12.4. The van der Waals surface area contributed by atoms with E-state index in [4.69, 9.17) is 11.1 Å². The summed E-state index contributed by atoms with van der Waals surface area (Å²) in [6.45, 7) is 0.569. The lowest BCUT2D eigenvalue weighted by molar-refractivity contribution is 0.0919. The molecule has 0 atom stereocenters. The Balaban J connectivity index is 0.000000917. The van der Waals surface area contributed by atoms with Gasteiger partial charge in [-0.1, -0.05) is 73.9 Å². The number of benzene rings is 3. The molecule has 0 saturated heterocycles. The van der Waals surface area contributed by atoms with Gasteiger partial charge in [0.25, 0.3) is 5.91 Å². The van der Waals surface area contributed by atoms with E-state index in [9.17, 15) is 4.79 Å². The third-order valence-electron chi connectivity index (χ3n) is 6.60. The Labute approximate surface area is 207 Å². The van der Waals surface area contributed by atoms with E-state index in [1.54, 1.807) is 0 Å². The molecule has 0 spiro atoms. The van der Waals surface area contributed by atoms with Gasteiger partial charge in [0.05, 0.1) is 0 Å². The number of aromatic nitrogens is 1. The summed E-state index contributed by atoms with van der Waals surface area (Å²) in [5, 5.41) is 17.2. The number of nitrogens with one attached hydrogen (secondary N) is 3. The summed E-state index contributed by atoms with van der Waals surface area (Å²) in [5.74, 6) is -0.00395. The Kier molecular flexibility index (Phi) is 7.83. The minimum absolute atomic E-state index is 0.0259. The third kappa shape index (κ3) is 5.54. The number of hydrogen-bond donors (Lipinski definition) is 4. The number of rotatable bonds is 5. The molecule has 4 aromatic rings. The van der Waals surface area contributed by atoms with Crippen molar-refractivity contribution >= 4 is 33.4 Å². The number of fused-ring (bicyclic) bond motifs is 2. The Morgan fingerprint density at radius 2 is 1.69 bits per heavy atom. The van der Waals surface area contributed by atoms with Crippen LogP contribution in [0.3, 0.4) is 0 Å². The van der Waals surface area contributed by atoms with Gasteiger partial charge >= 0.3 is 0 Å². The maximum Gasteiger partial charge on any atom is 0.268 e. The summed E-state index contributed by atoms with van der Waals surface area (Å²) in [4.78, 5) is 13.4. The fourth-order valence-electron chi connectivity index (χ4n) is 4.89. The number of carbonyl (C=O) groups is 1. The minimum atomic E-state index is -0.0299. The second kappa shape index (κ2) is 11.2. The molecular formula is C29H35N5O. The molecule has 0 aliphatic heterocycles. The molecule has 1 saturated carbocycles. The fourth-order valence-corrected chi connectivity index (χ4v) is 4.89. The van der Waals surface area contributed by atoms with E-state index < -0.39 is 0 Å². The van der Waals surface area contributed by atoms with Gasteiger partial charge in [-0.25, -0.2) is 0 Å². The van der Waals surface area contributed by atoms with Crippen LogP contribution < -0.4 is 16.4 Å². The Hall–Kier alpha value is -3.64. The molecule has 5 rings (SSSR count). The summed E-state index contributed by atoms with van der Waals surface area (Å²) in [5.41, 5.74) is 9.15. The quantitative estimate of drug-likeness (QED) is 0.244. The lowest BCUT2D eigenvalue weighted by Gasteiger charge is -2.23. The highest BCUT2D eigenvalue weighted by Gasteiger charge is 2.21. The van der Waals surface area contributed by atoms with Crippen molar-refractivity contribution in [1.29, 1.82) is 5.41 Å². The largest absolute Gasteiger partial charge is 0.384 e. The van der Waals surface area contributed by atoms with Crippen molar-refractivity contribution in [3.8, 4) is 0 Å². The smallest absolute Gasteiger partial charge is 0.268 e. The molecule has 1 aliphatic rings. The Morgan fingerprint density at radius 1 is 0.971 bits per heavy atom. The summed E-state index contributed by atoms with van der Waals surface area (Å²) in [7, 11) is 3.75. The molecule has 1 heterocycles. The van der Waals surface area contributed by atoms with Crippen LogP contribution in [0.25, 0.3) is 21.7 Å². The van der Waals surface area contributed by atoms with Gasteiger partial charge in [0.2, 0.25) is 0 Å². The van der Waals surface area contributed by atoms with Gasteiger partial charge in [-0.3, -0.25) is 10.2 Å². The molecule has 1 aromatic heterocycles. The number of hydrogen-bond acceptors (Lipinski definition) is 3. The highest BCUT2D eigenvalue weighted by atomic mass is 16.2. The van der Waals surface area contributed by atoms with Crippen LogP contribution in [0, 0.1) is 5.41 Å². The van der Waals surface area contributed by atoms with Crippen LogP contribution >= 0.6 is 0 Å². The van der Waals surface area contributed by atoms with Crippen molar-refractivity contribution in [3.05, 3.63) is 83.6 Å². The molecule has 1 fully saturated rings. The van der Waals surface area contributed by atoms with E-state index in [1.807, 2.05) is 50.5 Å². The van der Waals surface area contributed by atoms with E-state index in [0.29, 0.717) is 17.8 Å². The first-order valence-corrected chi connectivity index (χ1v) is 12.4. The molecule has 0 unspecified atom stereocenters. The van der Waals surface area contributed by atoms with Gasteiger partial charge in [0.15, 0.2) is 0 Å². The molecule has 6 nitrogen and oxygen atoms in total. The van der Waals surface area contributed by atoms with Crippen LogP contribution in [-0.2, 0) is 6.54 Å². The first kappa shape index (κ1) is 24.5. The predicted octanol–water partition coefficient (Wildman–Crippen LogP) is 5.02. The molecule has 35 heavy (non-hydrogen) atoms. The maximum atomic E-state index is 13.4. The van der Waals surface area contributed by atoms with Crippen LogP contribution in [0.4, 0.5) is 0 Å². The molecule has 1 aliphatic carbocycles. The molecule has 6 heteroatoms. The second-order valence-electron chi connectivity index (χ2n) is 9.25. The van der Waals surface area contributed by atoms with Crippen LogP contribution in [-0.4, -0.2) is 36.4 Å². The number of nitrogen functional groups attached to an aromatic ring is 1. The zero-order valence-corrected chi connectivity index (χ0v) is 20.6. The van der Waals surface area contributed by atoms with Crippen LogP contribution in [0.5, 0.6) is 0 Å². The van der Waals surface area contributed by atoms with Gasteiger partial charge in [0, 0.05) is 29.1 Å². The number of amidine groups is 1. The lowest BCUT2D eigenvalue weighted by Crippen LogP contribution is -2.37. The van der Waals surface area contributed by atoms with Crippen molar-refractivity contribution in [3.63, 3.8) is 0 Å². The number of carbonyl (C=O) groups excluding carboxylic acids is 1. The third-order valence-corrected chi connectivity index (χ3v) is 6.60. The molecule has 1 amide bonds. The lowest BCUT2D eigenvalue weighted by atomic mass is 9.95. The molecule has 0 bridgehead atoms. The molecule has 5 N–H and O–H groups in total. The monoisotopic (exact) mass is 469 g/mol. The van der Waals surface area contributed by atoms with Crippen molar-refractivity contribution in [2.24, 2.45) is 5.73 Å². The van der Waals surface area contributed by atoms with Gasteiger partial charge < -0.3 is 20.9 Å². The van der Waals surface area contributed by atoms with Gasteiger partial charge in [-0.2, -0.15) is 0 Å². The summed E-state index contributed by atoms with van der Waals surface area (Å²) in [6, 6.07) is 22.5. The van der Waals surface area contributed by atoms with E-state index in [-0.39, 0.29) is 17.8 Å². The first-order chi connectivity index (χ1) is 17.0. The summed E-state index contributed by atoms with van der Waals surface area (Å²) in [6.07, 6.45) is 5.69. The van der Waals surface area contributed by atoms with Gasteiger partial charge in [-0.15, -0.1) is 0 Å². The maximum absolute atomic E-state index is 13.4. The fraction of sp³-hybridized carbons (Fsp3) is 0.310. The zero-order valence-electron chi connectivity index (χ0n) is 20.6. The predicted molar refractivity (Wildman–Crippen MR) is 145 cm³/mol. The van der Waals surface area contributed by atoms with Crippen molar-refractivity contribution in [2.45, 2.75) is 44.7 Å². The zero-order chi connectivity index (χ0) is 24.8. The van der Waals surface area contributed by atoms with Crippen LogP contribution in [0.15, 0.2) is 66.7 Å². The van der Waals surface area contributed by atoms with Crippen molar-refractivity contribution in [2.75, 3.05) is 14.1 Å². The van der Waals surface area contributed by atoms with E-state index >= 15 is 0 Å². The summed E-state index contributed by atoms with van der Waals surface area (Å²) < 4.78 is 2.07. The number of nitrogens with two attached hydrogens (primary N) is 1.